The molecule has 2 fully saturated rings. The van der Waals surface area contributed by atoms with Crippen LogP contribution in [0.5, 0.6) is 0 Å². The van der Waals surface area contributed by atoms with Crippen LogP contribution in [0.3, 0.4) is 0 Å². The molecule has 2 heterocycles. The van der Waals surface area contributed by atoms with Gasteiger partial charge in [-0.2, -0.15) is 0 Å². The highest BCUT2D eigenvalue weighted by Crippen LogP contribution is 2.20. The molecule has 0 amide bonds. The standard InChI is InChI=1S/C16H32N2O2/c1-16(2,3)17-12-14-6-7-15(20-14)13-19-11-10-18-8-4-5-9-18/h14-15,17H,4-13H2,1-3H3. The lowest BCUT2D eigenvalue weighted by atomic mass is 10.1. The normalized spacial score (nSPS) is 28.4. The van der Waals surface area contributed by atoms with E-state index in [9.17, 15) is 0 Å². The van der Waals surface area contributed by atoms with E-state index in [0.29, 0.717) is 12.2 Å². The minimum Gasteiger partial charge on any atom is -0.377 e. The van der Waals surface area contributed by atoms with Gasteiger partial charge in [0.15, 0.2) is 0 Å². The van der Waals surface area contributed by atoms with Crippen LogP contribution >= 0.6 is 0 Å². The minimum atomic E-state index is 0.174. The number of hydrogen-bond donors (Lipinski definition) is 1. The highest BCUT2D eigenvalue weighted by Gasteiger charge is 2.26. The third-order valence-electron chi connectivity index (χ3n) is 4.11. The van der Waals surface area contributed by atoms with Crippen LogP contribution in [-0.4, -0.2) is 62.0 Å². The van der Waals surface area contributed by atoms with Gasteiger partial charge in [-0.15, -0.1) is 0 Å². The van der Waals surface area contributed by atoms with Gasteiger partial charge in [0.1, 0.15) is 0 Å². The first kappa shape index (κ1) is 16.2. The number of nitrogens with zero attached hydrogens (tertiary/aromatic N) is 1. The van der Waals surface area contributed by atoms with E-state index in [2.05, 4.69) is 31.0 Å². The SMILES string of the molecule is CC(C)(C)NCC1CCC(COCCN2CCCC2)O1. The fraction of sp³-hybridized carbons (Fsp3) is 1.00. The summed E-state index contributed by atoms with van der Waals surface area (Å²) in [5.41, 5.74) is 0.174. The molecular formula is C16H32N2O2. The quantitative estimate of drug-likeness (QED) is 0.725. The van der Waals surface area contributed by atoms with E-state index in [1.165, 1.54) is 25.9 Å². The zero-order valence-electron chi connectivity index (χ0n) is 13.5. The summed E-state index contributed by atoms with van der Waals surface area (Å²) in [4.78, 5) is 2.49. The molecule has 2 unspecified atom stereocenters. The fourth-order valence-electron chi connectivity index (χ4n) is 2.89. The van der Waals surface area contributed by atoms with E-state index in [1.807, 2.05) is 0 Å². The number of nitrogens with one attached hydrogen (secondary N) is 1. The van der Waals surface area contributed by atoms with Gasteiger partial charge in [0.25, 0.3) is 0 Å². The molecule has 1 N–H and O–H groups in total. The summed E-state index contributed by atoms with van der Waals surface area (Å²) in [7, 11) is 0. The highest BCUT2D eigenvalue weighted by molar-refractivity contribution is 4.79. The van der Waals surface area contributed by atoms with Crippen molar-refractivity contribution < 1.29 is 9.47 Å². The van der Waals surface area contributed by atoms with Gasteiger partial charge >= 0.3 is 0 Å². The van der Waals surface area contributed by atoms with E-state index in [1.54, 1.807) is 0 Å². The Morgan fingerprint density at radius 3 is 2.55 bits per heavy atom. The second-order valence-electron chi connectivity index (χ2n) is 7.21. The molecule has 0 aromatic rings. The minimum absolute atomic E-state index is 0.174. The molecule has 118 valence electrons. The van der Waals surface area contributed by atoms with Gasteiger partial charge in [0.05, 0.1) is 25.4 Å². The molecule has 0 radical (unpaired) electrons. The summed E-state index contributed by atoms with van der Waals surface area (Å²) in [6.07, 6.45) is 5.67. The number of ether oxygens (including phenoxy) is 2. The molecule has 0 bridgehead atoms. The molecule has 4 heteroatoms. The molecule has 2 saturated heterocycles. The predicted octanol–water partition coefficient (Wildman–Crippen LogP) is 2.03. The third kappa shape index (κ3) is 6.08. The molecule has 0 aromatic heterocycles. The van der Waals surface area contributed by atoms with Gasteiger partial charge in [-0.25, -0.2) is 0 Å². The summed E-state index contributed by atoms with van der Waals surface area (Å²) < 4.78 is 11.8. The van der Waals surface area contributed by atoms with Gasteiger partial charge < -0.3 is 19.7 Å². The first-order chi connectivity index (χ1) is 9.53. The summed E-state index contributed by atoms with van der Waals surface area (Å²) in [6, 6.07) is 0. The molecule has 0 aliphatic carbocycles. The van der Waals surface area contributed by atoms with Gasteiger partial charge in [-0.1, -0.05) is 0 Å². The van der Waals surface area contributed by atoms with Crippen molar-refractivity contribution in [3.63, 3.8) is 0 Å². The maximum Gasteiger partial charge on any atom is 0.0813 e. The Hall–Kier alpha value is -0.160. The second-order valence-corrected chi connectivity index (χ2v) is 7.21. The Morgan fingerprint density at radius 2 is 1.85 bits per heavy atom. The predicted molar refractivity (Wildman–Crippen MR) is 82.1 cm³/mol. The van der Waals surface area contributed by atoms with Crippen molar-refractivity contribution in [1.82, 2.24) is 10.2 Å². The molecule has 2 rings (SSSR count). The summed E-state index contributed by atoms with van der Waals surface area (Å²) in [6.45, 7) is 12.7. The molecule has 0 saturated carbocycles. The smallest absolute Gasteiger partial charge is 0.0813 e. The van der Waals surface area contributed by atoms with Crippen molar-refractivity contribution in [1.29, 1.82) is 0 Å². The first-order valence-electron chi connectivity index (χ1n) is 8.23. The van der Waals surface area contributed by atoms with Gasteiger partial charge in [-0.3, -0.25) is 0 Å². The van der Waals surface area contributed by atoms with Gasteiger partial charge in [-0.05, 0) is 59.5 Å². The molecule has 20 heavy (non-hydrogen) atoms. The van der Waals surface area contributed by atoms with Crippen LogP contribution in [-0.2, 0) is 9.47 Å². The maximum absolute atomic E-state index is 6.03. The van der Waals surface area contributed by atoms with Crippen molar-refractivity contribution >= 4 is 0 Å². The molecule has 4 nitrogen and oxygen atoms in total. The molecule has 0 aromatic carbocycles. The largest absolute Gasteiger partial charge is 0.377 e. The zero-order chi connectivity index (χ0) is 14.4. The van der Waals surface area contributed by atoms with Gasteiger partial charge in [0.2, 0.25) is 0 Å². The number of likely N-dealkylation sites (tertiary alicyclic amines) is 1. The summed E-state index contributed by atoms with van der Waals surface area (Å²) in [5, 5.41) is 3.52. The monoisotopic (exact) mass is 284 g/mol. The highest BCUT2D eigenvalue weighted by atomic mass is 16.5. The van der Waals surface area contributed by atoms with E-state index in [-0.39, 0.29) is 5.54 Å². The molecule has 2 aliphatic rings. The van der Waals surface area contributed by atoms with Crippen LogP contribution in [0, 0.1) is 0 Å². The summed E-state index contributed by atoms with van der Waals surface area (Å²) in [5.74, 6) is 0. The number of rotatable bonds is 7. The fourth-order valence-corrected chi connectivity index (χ4v) is 2.89. The Labute approximate surface area is 124 Å². The van der Waals surface area contributed by atoms with Crippen LogP contribution in [0.4, 0.5) is 0 Å². The van der Waals surface area contributed by atoms with Crippen LogP contribution in [0.1, 0.15) is 46.5 Å². The average Bonchev–Trinajstić information content (AvgIpc) is 3.03. The second kappa shape index (κ2) is 7.74. The van der Waals surface area contributed by atoms with E-state index < -0.39 is 0 Å². The first-order valence-corrected chi connectivity index (χ1v) is 8.23. The van der Waals surface area contributed by atoms with Crippen LogP contribution in [0.2, 0.25) is 0 Å². The van der Waals surface area contributed by atoms with Crippen LogP contribution < -0.4 is 5.32 Å². The van der Waals surface area contributed by atoms with Crippen molar-refractivity contribution in [2.24, 2.45) is 0 Å². The van der Waals surface area contributed by atoms with E-state index in [0.717, 1.165) is 39.1 Å². The van der Waals surface area contributed by atoms with Crippen molar-refractivity contribution in [2.75, 3.05) is 39.4 Å². The van der Waals surface area contributed by atoms with E-state index >= 15 is 0 Å². The maximum atomic E-state index is 6.03. The third-order valence-corrected chi connectivity index (χ3v) is 4.11. The molecule has 2 aliphatic heterocycles. The van der Waals surface area contributed by atoms with Crippen LogP contribution in [0.25, 0.3) is 0 Å². The molecule has 0 spiro atoms. The zero-order valence-corrected chi connectivity index (χ0v) is 13.5. The van der Waals surface area contributed by atoms with Crippen molar-refractivity contribution in [2.45, 2.75) is 64.2 Å². The van der Waals surface area contributed by atoms with Gasteiger partial charge in [0, 0.05) is 18.6 Å². The Morgan fingerprint density at radius 1 is 1.15 bits per heavy atom. The lowest BCUT2D eigenvalue weighted by Gasteiger charge is -2.23. The molecule has 2 atom stereocenters. The summed E-state index contributed by atoms with van der Waals surface area (Å²) >= 11 is 0. The lowest BCUT2D eigenvalue weighted by molar-refractivity contribution is -0.0186. The topological polar surface area (TPSA) is 33.7 Å². The van der Waals surface area contributed by atoms with Crippen molar-refractivity contribution in [3.8, 4) is 0 Å². The Bertz CT molecular complexity index is 272. The van der Waals surface area contributed by atoms with Crippen LogP contribution in [0.15, 0.2) is 0 Å². The number of hydrogen-bond acceptors (Lipinski definition) is 4. The van der Waals surface area contributed by atoms with E-state index in [4.69, 9.17) is 9.47 Å². The average molecular weight is 284 g/mol. The molecular weight excluding hydrogens is 252 g/mol. The Kier molecular flexibility index (Phi) is 6.27. The Balaban J connectivity index is 1.50. The van der Waals surface area contributed by atoms with Crippen molar-refractivity contribution in [3.05, 3.63) is 0 Å². The lowest BCUT2D eigenvalue weighted by Crippen LogP contribution is -2.41.